The van der Waals surface area contributed by atoms with Gasteiger partial charge >= 0.3 is 6.18 Å². The van der Waals surface area contributed by atoms with E-state index in [-0.39, 0.29) is 24.4 Å². The van der Waals surface area contributed by atoms with E-state index >= 15 is 0 Å². The number of methoxy groups -OCH3 is 1. The molecule has 6 nitrogen and oxygen atoms in total. The number of nitrogens with one attached hydrogen (secondary N) is 1. The molecule has 0 amide bonds. The lowest BCUT2D eigenvalue weighted by Gasteiger charge is -2.19. The summed E-state index contributed by atoms with van der Waals surface area (Å²) < 4.78 is 56.8. The summed E-state index contributed by atoms with van der Waals surface area (Å²) in [5.41, 5.74) is 0.569. The number of amidine groups is 2. The van der Waals surface area contributed by atoms with Crippen molar-refractivity contribution in [2.24, 2.45) is 9.98 Å². The van der Waals surface area contributed by atoms with E-state index in [0.717, 1.165) is 4.90 Å². The van der Waals surface area contributed by atoms with Crippen molar-refractivity contribution in [3.63, 3.8) is 0 Å². The lowest BCUT2D eigenvalue weighted by molar-refractivity contribution is -0.105. The number of hydrogen-bond donors (Lipinski definition) is 1. The quantitative estimate of drug-likeness (QED) is 0.0498. The van der Waals surface area contributed by atoms with Gasteiger partial charge in [-0.25, -0.2) is 4.39 Å². The van der Waals surface area contributed by atoms with Crippen molar-refractivity contribution in [2.45, 2.75) is 53.6 Å². The second-order valence-corrected chi connectivity index (χ2v) is 6.75. The largest absolute Gasteiger partial charge is 0.501 e. The fraction of sp³-hybridized carbons (Fsp3) is 0.393. The summed E-state index contributed by atoms with van der Waals surface area (Å²) in [6, 6.07) is 0. The van der Waals surface area contributed by atoms with Gasteiger partial charge in [0.05, 0.1) is 19.4 Å². The standard InChI is InChI=1S/C16H21F3N4O.C8H11FO.C2H6.C2H2/c1-5-6-14(20-3)21-9-10-23-13(8-7-12(2)24-4)11-22-15(23)16(17,18)19;1-3-4-5-8(9)7(2)6-10;2*1-2/h5-10H,11H2,1-4H3,(H,20,21);3,6H,1,4-5H2,2H3;1-2H3;1-2H/b6-5-,10-9+,12-7+,13-8+;8-7-;;. The normalized spacial score (nSPS) is 15.3. The third kappa shape index (κ3) is 16.7. The molecule has 1 N–H and O–H groups in total. The predicted octanol–water partition coefficient (Wildman–Crippen LogP) is 7.03. The van der Waals surface area contributed by atoms with Gasteiger partial charge in [-0.2, -0.15) is 13.2 Å². The Kier molecular flexibility index (Phi) is 23.9. The van der Waals surface area contributed by atoms with Gasteiger partial charge in [0.15, 0.2) is 0 Å². The van der Waals surface area contributed by atoms with E-state index in [1.54, 1.807) is 44.4 Å². The maximum absolute atomic E-state index is 13.1. The van der Waals surface area contributed by atoms with Crippen LogP contribution in [0.2, 0.25) is 0 Å². The van der Waals surface area contributed by atoms with Crippen molar-refractivity contribution in [3.05, 3.63) is 72.2 Å². The van der Waals surface area contributed by atoms with Gasteiger partial charge in [-0.15, -0.1) is 19.4 Å². The van der Waals surface area contributed by atoms with Gasteiger partial charge in [0.2, 0.25) is 5.84 Å². The fourth-order valence-corrected chi connectivity index (χ4v) is 2.28. The SMILES string of the molecule is C#C.C/C=C\C(=NC)N/C=C/N1C(C(F)(F)F)=NC/C1=C\C=C(/C)OC.C=CCC/C(F)=C(\C)C=O.CC. The topological polar surface area (TPSA) is 66.3 Å². The van der Waals surface area contributed by atoms with Gasteiger partial charge in [0.1, 0.15) is 17.9 Å². The predicted molar refractivity (Wildman–Crippen MR) is 150 cm³/mol. The zero-order valence-electron chi connectivity index (χ0n) is 23.3. The van der Waals surface area contributed by atoms with E-state index in [0.29, 0.717) is 30.0 Å². The molecule has 1 aliphatic heterocycles. The number of allylic oxidation sites excluding steroid dienone is 7. The van der Waals surface area contributed by atoms with Crippen LogP contribution in [0.5, 0.6) is 0 Å². The van der Waals surface area contributed by atoms with Crippen LogP contribution in [-0.4, -0.2) is 49.7 Å². The molecule has 212 valence electrons. The highest BCUT2D eigenvalue weighted by atomic mass is 19.4. The number of halogens is 4. The number of hydrogen-bond acceptors (Lipinski definition) is 5. The third-order valence-corrected chi connectivity index (χ3v) is 4.21. The lowest BCUT2D eigenvalue weighted by atomic mass is 10.2. The van der Waals surface area contributed by atoms with Crippen molar-refractivity contribution >= 4 is 18.0 Å². The first kappa shape index (κ1) is 38.7. The van der Waals surface area contributed by atoms with E-state index in [4.69, 9.17) is 4.74 Å². The van der Waals surface area contributed by atoms with Gasteiger partial charge in [-0.1, -0.05) is 26.0 Å². The number of alkyl halides is 3. The van der Waals surface area contributed by atoms with Crippen molar-refractivity contribution in [1.29, 1.82) is 0 Å². The Morgan fingerprint density at radius 1 is 1.29 bits per heavy atom. The van der Waals surface area contributed by atoms with Crippen LogP contribution in [0.4, 0.5) is 17.6 Å². The summed E-state index contributed by atoms with van der Waals surface area (Å²) >= 11 is 0. The number of carbonyl (C=O) groups excluding carboxylic acids is 1. The smallest absolute Gasteiger partial charge is 0.449 e. The maximum Gasteiger partial charge on any atom is 0.449 e. The molecule has 1 heterocycles. The van der Waals surface area contributed by atoms with Crippen molar-refractivity contribution in [2.75, 3.05) is 20.7 Å². The molecule has 0 aromatic rings. The zero-order chi connectivity index (χ0) is 30.1. The minimum absolute atomic E-state index is 0.0593. The summed E-state index contributed by atoms with van der Waals surface area (Å²) in [5, 5.41) is 2.82. The first-order chi connectivity index (χ1) is 18.0. The van der Waals surface area contributed by atoms with Crippen LogP contribution < -0.4 is 5.32 Å². The van der Waals surface area contributed by atoms with E-state index in [2.05, 4.69) is 34.7 Å². The summed E-state index contributed by atoms with van der Waals surface area (Å²) in [7, 11) is 3.07. The minimum atomic E-state index is -4.54. The molecule has 0 aliphatic carbocycles. The van der Waals surface area contributed by atoms with Crippen molar-refractivity contribution in [3.8, 4) is 12.8 Å². The fourth-order valence-electron chi connectivity index (χ4n) is 2.28. The summed E-state index contributed by atoms with van der Waals surface area (Å²) in [4.78, 5) is 18.5. The third-order valence-electron chi connectivity index (χ3n) is 4.21. The van der Waals surface area contributed by atoms with Gasteiger partial charge in [0, 0.05) is 37.1 Å². The summed E-state index contributed by atoms with van der Waals surface area (Å²) in [6.07, 6.45) is 15.8. The van der Waals surface area contributed by atoms with Crippen LogP contribution in [0.15, 0.2) is 82.2 Å². The van der Waals surface area contributed by atoms with E-state index in [9.17, 15) is 22.4 Å². The van der Waals surface area contributed by atoms with Crippen LogP contribution in [0, 0.1) is 12.8 Å². The molecule has 0 atom stereocenters. The molecular formula is C28H40F4N4O2. The Morgan fingerprint density at radius 3 is 2.34 bits per heavy atom. The molecule has 0 saturated carbocycles. The second kappa shape index (κ2) is 23.5. The molecule has 0 aromatic carbocycles. The Balaban J connectivity index is -0.000000732. The van der Waals surface area contributed by atoms with Gasteiger partial charge in [0.25, 0.3) is 0 Å². The number of rotatable bonds is 9. The summed E-state index contributed by atoms with van der Waals surface area (Å²) in [5.74, 6) is -0.191. The zero-order valence-corrected chi connectivity index (χ0v) is 23.3. The Hall–Kier alpha value is -3.87. The number of ether oxygens (including phenoxy) is 1. The number of nitrogens with zero attached hydrogens (tertiary/aromatic N) is 3. The van der Waals surface area contributed by atoms with E-state index in [1.807, 2.05) is 20.8 Å². The Morgan fingerprint density at radius 2 is 1.89 bits per heavy atom. The van der Waals surface area contributed by atoms with Crippen molar-refractivity contribution in [1.82, 2.24) is 10.2 Å². The van der Waals surface area contributed by atoms with Crippen molar-refractivity contribution < 1.29 is 27.1 Å². The van der Waals surface area contributed by atoms with Crippen LogP contribution in [0.3, 0.4) is 0 Å². The van der Waals surface area contributed by atoms with E-state index < -0.39 is 12.0 Å². The monoisotopic (exact) mass is 540 g/mol. The molecule has 0 aromatic heterocycles. The number of aliphatic imine (C=N–C) groups is 2. The maximum atomic E-state index is 13.1. The average molecular weight is 541 g/mol. The number of carbonyl (C=O) groups is 1. The lowest BCUT2D eigenvalue weighted by Crippen LogP contribution is -2.34. The molecule has 1 aliphatic rings. The Labute approximate surface area is 225 Å². The van der Waals surface area contributed by atoms with Crippen LogP contribution in [0.25, 0.3) is 0 Å². The van der Waals surface area contributed by atoms with Gasteiger partial charge in [-0.05, 0) is 45.4 Å². The molecule has 0 radical (unpaired) electrons. The first-order valence-corrected chi connectivity index (χ1v) is 11.6. The molecular weight excluding hydrogens is 500 g/mol. The van der Waals surface area contributed by atoms with Crippen LogP contribution in [0.1, 0.15) is 47.5 Å². The van der Waals surface area contributed by atoms with Gasteiger partial charge < -0.3 is 10.1 Å². The number of terminal acetylenes is 1. The van der Waals surface area contributed by atoms with Crippen LogP contribution >= 0.6 is 0 Å². The second-order valence-electron chi connectivity index (χ2n) is 6.75. The molecule has 0 bridgehead atoms. The molecule has 0 saturated heterocycles. The molecule has 10 heteroatoms. The molecule has 0 spiro atoms. The molecule has 0 fully saturated rings. The molecule has 0 unspecified atom stereocenters. The molecule has 38 heavy (non-hydrogen) atoms. The van der Waals surface area contributed by atoms with Crippen LogP contribution in [-0.2, 0) is 9.53 Å². The molecule has 1 rings (SSSR count). The summed E-state index contributed by atoms with van der Waals surface area (Å²) in [6.45, 7) is 12.4. The minimum Gasteiger partial charge on any atom is -0.501 e. The number of aldehydes is 1. The average Bonchev–Trinajstić information content (AvgIpc) is 3.35. The highest BCUT2D eigenvalue weighted by Crippen LogP contribution is 2.27. The first-order valence-electron chi connectivity index (χ1n) is 11.6. The Bertz CT molecular complexity index is 938. The van der Waals surface area contributed by atoms with E-state index in [1.165, 1.54) is 26.4 Å². The highest BCUT2D eigenvalue weighted by molar-refractivity contribution is 5.94. The van der Waals surface area contributed by atoms with Gasteiger partial charge in [-0.3, -0.25) is 19.7 Å². The highest BCUT2D eigenvalue weighted by Gasteiger charge is 2.42.